The lowest BCUT2D eigenvalue weighted by Gasteiger charge is -2.44. The van der Waals surface area contributed by atoms with Crippen molar-refractivity contribution in [2.24, 2.45) is 17.3 Å². The van der Waals surface area contributed by atoms with E-state index in [1.165, 1.54) is 0 Å². The summed E-state index contributed by atoms with van der Waals surface area (Å²) in [6, 6.07) is 2.69. The molecule has 0 heterocycles. The van der Waals surface area contributed by atoms with E-state index in [-0.39, 0.29) is 17.9 Å². The summed E-state index contributed by atoms with van der Waals surface area (Å²) >= 11 is 0. The van der Waals surface area contributed by atoms with E-state index in [4.69, 9.17) is 0 Å². The van der Waals surface area contributed by atoms with E-state index in [9.17, 15) is 10.1 Å². The number of amides is 1. The van der Waals surface area contributed by atoms with Crippen molar-refractivity contribution in [2.45, 2.75) is 59.4 Å². The molecule has 4 heteroatoms. The van der Waals surface area contributed by atoms with Crippen molar-refractivity contribution in [3.05, 3.63) is 0 Å². The van der Waals surface area contributed by atoms with Crippen LogP contribution in [0.25, 0.3) is 0 Å². The number of nitrogens with one attached hydrogen (secondary N) is 1. The van der Waals surface area contributed by atoms with Crippen LogP contribution in [0.5, 0.6) is 0 Å². The van der Waals surface area contributed by atoms with Crippen LogP contribution < -0.4 is 5.32 Å². The van der Waals surface area contributed by atoms with Gasteiger partial charge in [0.05, 0.1) is 18.5 Å². The molecule has 3 atom stereocenters. The third-order valence-electron chi connectivity index (χ3n) is 5.50. The normalized spacial score (nSPS) is 26.4. The first-order chi connectivity index (χ1) is 9.89. The Balaban J connectivity index is 2.87. The van der Waals surface area contributed by atoms with Crippen molar-refractivity contribution in [1.29, 1.82) is 5.26 Å². The molecule has 0 aromatic heterocycles. The van der Waals surface area contributed by atoms with Gasteiger partial charge in [0.15, 0.2) is 0 Å². The Morgan fingerprint density at radius 3 is 2.52 bits per heavy atom. The van der Waals surface area contributed by atoms with Crippen LogP contribution in [0.2, 0.25) is 0 Å². The summed E-state index contributed by atoms with van der Waals surface area (Å²) in [4.78, 5) is 13.9. The first-order valence-electron chi connectivity index (χ1n) is 8.23. The number of nitrogens with zero attached hydrogens (tertiary/aromatic N) is 2. The number of carbonyl (C=O) groups excluding carboxylic acids is 1. The van der Waals surface area contributed by atoms with Crippen LogP contribution in [0.3, 0.4) is 0 Å². The van der Waals surface area contributed by atoms with E-state index in [2.05, 4.69) is 44.0 Å². The van der Waals surface area contributed by atoms with E-state index in [1.807, 2.05) is 0 Å². The van der Waals surface area contributed by atoms with Crippen LogP contribution in [0.15, 0.2) is 0 Å². The van der Waals surface area contributed by atoms with Crippen LogP contribution in [-0.2, 0) is 4.79 Å². The van der Waals surface area contributed by atoms with E-state index in [0.717, 1.165) is 32.2 Å². The summed E-state index contributed by atoms with van der Waals surface area (Å²) in [6.45, 7) is 10.2. The molecule has 0 bridgehead atoms. The smallest absolute Gasteiger partial charge is 0.233 e. The van der Waals surface area contributed by atoms with E-state index >= 15 is 0 Å². The summed E-state index contributed by atoms with van der Waals surface area (Å²) in [5, 5.41) is 12.2. The molecule has 1 saturated carbocycles. The number of hydrogen-bond acceptors (Lipinski definition) is 3. The standard InChI is InChI=1S/C17H31N3O/c1-6-17(3,4)14-9-8-13(11-18)15(10-14)20(7-2)12-16(21)19-5/h13-15H,6-10,12H2,1-5H3,(H,19,21). The first kappa shape index (κ1) is 18.0. The van der Waals surface area contributed by atoms with Crippen LogP contribution in [-0.4, -0.2) is 37.0 Å². The van der Waals surface area contributed by atoms with Crippen molar-refractivity contribution in [3.63, 3.8) is 0 Å². The van der Waals surface area contributed by atoms with E-state index in [0.29, 0.717) is 17.9 Å². The van der Waals surface area contributed by atoms with Gasteiger partial charge in [0.2, 0.25) is 5.91 Å². The Kier molecular flexibility index (Phi) is 6.67. The average molecular weight is 293 g/mol. The second-order valence-electron chi connectivity index (χ2n) is 6.89. The van der Waals surface area contributed by atoms with Crippen LogP contribution in [0, 0.1) is 28.6 Å². The highest BCUT2D eigenvalue weighted by atomic mass is 16.1. The van der Waals surface area contributed by atoms with Crippen molar-refractivity contribution >= 4 is 5.91 Å². The van der Waals surface area contributed by atoms with Gasteiger partial charge in [-0.15, -0.1) is 0 Å². The molecule has 0 aliphatic heterocycles. The lowest BCUT2D eigenvalue weighted by Crippen LogP contribution is -2.49. The summed E-state index contributed by atoms with van der Waals surface area (Å²) in [5.41, 5.74) is 0.311. The van der Waals surface area contributed by atoms with Crippen molar-refractivity contribution < 1.29 is 4.79 Å². The molecule has 1 aliphatic rings. The zero-order chi connectivity index (χ0) is 16.0. The van der Waals surface area contributed by atoms with Gasteiger partial charge in [-0.05, 0) is 37.1 Å². The minimum atomic E-state index is 0.0328. The van der Waals surface area contributed by atoms with Gasteiger partial charge in [0.25, 0.3) is 0 Å². The Morgan fingerprint density at radius 1 is 1.38 bits per heavy atom. The lowest BCUT2D eigenvalue weighted by atomic mass is 9.66. The Labute approximate surface area is 129 Å². The molecule has 3 unspecified atom stereocenters. The molecule has 1 rings (SSSR count). The largest absolute Gasteiger partial charge is 0.358 e. The first-order valence-corrected chi connectivity index (χ1v) is 8.23. The molecule has 120 valence electrons. The molecule has 21 heavy (non-hydrogen) atoms. The molecule has 0 saturated heterocycles. The van der Waals surface area contributed by atoms with E-state index < -0.39 is 0 Å². The fraction of sp³-hybridized carbons (Fsp3) is 0.882. The number of rotatable bonds is 6. The number of likely N-dealkylation sites (N-methyl/N-ethyl adjacent to an activating group) is 2. The van der Waals surface area contributed by atoms with Crippen molar-refractivity contribution in [3.8, 4) is 6.07 Å². The van der Waals surface area contributed by atoms with Gasteiger partial charge in [-0.3, -0.25) is 9.69 Å². The molecule has 0 spiro atoms. The topological polar surface area (TPSA) is 56.1 Å². The van der Waals surface area contributed by atoms with Crippen molar-refractivity contribution in [1.82, 2.24) is 10.2 Å². The predicted molar refractivity (Wildman–Crippen MR) is 85.6 cm³/mol. The highest BCUT2D eigenvalue weighted by Crippen LogP contribution is 2.43. The molecule has 1 N–H and O–H groups in total. The Morgan fingerprint density at radius 2 is 2.05 bits per heavy atom. The Bertz CT molecular complexity index is 386. The molecule has 1 aliphatic carbocycles. The number of hydrogen-bond donors (Lipinski definition) is 1. The predicted octanol–water partition coefficient (Wildman–Crippen LogP) is 2.80. The van der Waals surface area contributed by atoms with E-state index in [1.54, 1.807) is 7.05 Å². The summed E-state index contributed by atoms with van der Waals surface area (Å²) in [6.07, 6.45) is 4.28. The zero-order valence-electron chi connectivity index (χ0n) is 14.3. The second-order valence-corrected chi connectivity index (χ2v) is 6.89. The van der Waals surface area contributed by atoms with Gasteiger partial charge in [-0.2, -0.15) is 5.26 Å². The molecule has 0 aromatic carbocycles. The fourth-order valence-electron chi connectivity index (χ4n) is 3.43. The minimum absolute atomic E-state index is 0.0328. The zero-order valence-corrected chi connectivity index (χ0v) is 14.3. The third-order valence-corrected chi connectivity index (χ3v) is 5.50. The molecular formula is C17H31N3O. The maximum Gasteiger partial charge on any atom is 0.233 e. The fourth-order valence-corrected chi connectivity index (χ4v) is 3.43. The molecule has 0 aromatic rings. The maximum atomic E-state index is 11.7. The number of carbonyl (C=O) groups is 1. The van der Waals surface area contributed by atoms with Gasteiger partial charge in [-0.1, -0.05) is 34.1 Å². The molecule has 1 fully saturated rings. The number of nitriles is 1. The van der Waals surface area contributed by atoms with Gasteiger partial charge in [0, 0.05) is 13.1 Å². The van der Waals surface area contributed by atoms with Crippen LogP contribution in [0.4, 0.5) is 0 Å². The lowest BCUT2D eigenvalue weighted by molar-refractivity contribution is -0.122. The highest BCUT2D eigenvalue weighted by Gasteiger charge is 2.39. The summed E-state index contributed by atoms with van der Waals surface area (Å²) < 4.78 is 0. The molecule has 1 amide bonds. The molecule has 4 nitrogen and oxygen atoms in total. The molecule has 0 radical (unpaired) electrons. The minimum Gasteiger partial charge on any atom is -0.358 e. The van der Waals surface area contributed by atoms with Crippen molar-refractivity contribution in [2.75, 3.05) is 20.1 Å². The van der Waals surface area contributed by atoms with Gasteiger partial charge in [0.1, 0.15) is 0 Å². The highest BCUT2D eigenvalue weighted by molar-refractivity contribution is 5.77. The average Bonchev–Trinajstić information content (AvgIpc) is 2.51. The second kappa shape index (κ2) is 7.79. The summed E-state index contributed by atoms with van der Waals surface area (Å²) in [5.74, 6) is 0.722. The van der Waals surface area contributed by atoms with Crippen LogP contribution in [0.1, 0.15) is 53.4 Å². The van der Waals surface area contributed by atoms with Gasteiger partial charge >= 0.3 is 0 Å². The monoisotopic (exact) mass is 293 g/mol. The maximum absolute atomic E-state index is 11.7. The Hall–Kier alpha value is -1.08. The molecular weight excluding hydrogens is 262 g/mol. The van der Waals surface area contributed by atoms with Gasteiger partial charge < -0.3 is 5.32 Å². The van der Waals surface area contributed by atoms with Crippen LogP contribution >= 0.6 is 0 Å². The SMILES string of the molecule is CCN(CC(=O)NC)C1CC(C(C)(C)CC)CCC1C#N. The third kappa shape index (κ3) is 4.44. The van der Waals surface area contributed by atoms with Gasteiger partial charge in [-0.25, -0.2) is 0 Å². The summed E-state index contributed by atoms with van der Waals surface area (Å²) in [7, 11) is 1.67. The quantitative estimate of drug-likeness (QED) is 0.819.